The fourth-order valence-corrected chi connectivity index (χ4v) is 1.63. The average Bonchev–Trinajstić information content (AvgIpc) is 2.28. The van der Waals surface area contributed by atoms with Crippen LogP contribution in [-0.4, -0.2) is 25.0 Å². The highest BCUT2D eigenvalue weighted by molar-refractivity contribution is 5.39. The summed E-state index contributed by atoms with van der Waals surface area (Å²) in [6.07, 6.45) is 12.2. The van der Waals surface area contributed by atoms with E-state index in [4.69, 9.17) is 5.73 Å². The third kappa shape index (κ3) is 5.63. The molecule has 1 aliphatic heterocycles. The van der Waals surface area contributed by atoms with Gasteiger partial charge in [0.1, 0.15) is 0 Å². The van der Waals surface area contributed by atoms with Crippen molar-refractivity contribution in [3.05, 3.63) is 23.9 Å². The van der Waals surface area contributed by atoms with Gasteiger partial charge in [-0.05, 0) is 25.5 Å². The van der Waals surface area contributed by atoms with Crippen LogP contribution in [0.5, 0.6) is 0 Å². The Morgan fingerprint density at radius 3 is 2.88 bits per heavy atom. The molecule has 0 spiro atoms. The molecule has 88 valence electrons. The molecular formula is C14H22N2. The van der Waals surface area contributed by atoms with Gasteiger partial charge in [0.25, 0.3) is 0 Å². The van der Waals surface area contributed by atoms with E-state index in [1.807, 2.05) is 0 Å². The Bertz CT molecular complexity index is 304. The average molecular weight is 218 g/mol. The van der Waals surface area contributed by atoms with Crippen LogP contribution in [0.25, 0.3) is 0 Å². The fraction of sp³-hybridized carbons (Fsp3) is 0.571. The number of unbranched alkanes of at least 4 members (excludes halogenated alkanes) is 4. The first-order valence-electron chi connectivity index (χ1n) is 6.10. The predicted molar refractivity (Wildman–Crippen MR) is 69.8 cm³/mol. The molecule has 1 heterocycles. The van der Waals surface area contributed by atoms with Crippen molar-refractivity contribution >= 4 is 0 Å². The standard InChI is InChI=1S/C14H22N2/c1-16-12-8-10-14(13-16)9-6-4-2-3-5-7-11-15/h8,10,13H,2-5,7,11-12,15H2,1H3. The maximum absolute atomic E-state index is 5.43. The van der Waals surface area contributed by atoms with Gasteiger partial charge < -0.3 is 10.6 Å². The van der Waals surface area contributed by atoms with Crippen LogP contribution in [0.3, 0.4) is 0 Å². The third-order valence-electron chi connectivity index (χ3n) is 2.54. The minimum atomic E-state index is 0.815. The summed E-state index contributed by atoms with van der Waals surface area (Å²) in [6, 6.07) is 0. The highest BCUT2D eigenvalue weighted by Gasteiger charge is 1.96. The topological polar surface area (TPSA) is 29.3 Å². The van der Waals surface area contributed by atoms with E-state index in [-0.39, 0.29) is 0 Å². The van der Waals surface area contributed by atoms with Gasteiger partial charge in [-0.2, -0.15) is 0 Å². The van der Waals surface area contributed by atoms with Crippen molar-refractivity contribution in [2.75, 3.05) is 20.1 Å². The van der Waals surface area contributed by atoms with Gasteiger partial charge in [0.05, 0.1) is 0 Å². The second-order valence-corrected chi connectivity index (χ2v) is 4.18. The molecule has 2 nitrogen and oxygen atoms in total. The van der Waals surface area contributed by atoms with Crippen molar-refractivity contribution in [2.24, 2.45) is 5.73 Å². The molecule has 2 heteroatoms. The normalized spacial score (nSPS) is 14.4. The molecule has 0 amide bonds. The molecule has 0 atom stereocenters. The lowest BCUT2D eigenvalue weighted by Crippen LogP contribution is -2.13. The molecule has 0 radical (unpaired) electrons. The van der Waals surface area contributed by atoms with Crippen molar-refractivity contribution in [3.63, 3.8) is 0 Å². The Kier molecular flexibility index (Phi) is 6.44. The zero-order valence-corrected chi connectivity index (χ0v) is 10.2. The first kappa shape index (κ1) is 12.9. The molecule has 0 aliphatic carbocycles. The lowest BCUT2D eigenvalue weighted by molar-refractivity contribution is 0.502. The van der Waals surface area contributed by atoms with Gasteiger partial charge in [-0.1, -0.05) is 30.8 Å². The number of rotatable bonds is 5. The second-order valence-electron chi connectivity index (χ2n) is 4.18. The minimum absolute atomic E-state index is 0.815. The largest absolute Gasteiger partial charge is 0.376 e. The van der Waals surface area contributed by atoms with Crippen molar-refractivity contribution in [2.45, 2.75) is 32.1 Å². The minimum Gasteiger partial charge on any atom is -0.376 e. The molecule has 0 saturated heterocycles. The quantitative estimate of drug-likeness (QED) is 0.566. The molecule has 1 aliphatic rings. The second kappa shape index (κ2) is 8.01. The maximum atomic E-state index is 5.43. The van der Waals surface area contributed by atoms with E-state index in [1.165, 1.54) is 19.3 Å². The lowest BCUT2D eigenvalue weighted by Gasteiger charge is -2.14. The summed E-state index contributed by atoms with van der Waals surface area (Å²) in [4.78, 5) is 2.14. The molecule has 0 aromatic heterocycles. The number of allylic oxidation sites excluding steroid dienone is 2. The molecule has 0 bridgehead atoms. The van der Waals surface area contributed by atoms with E-state index in [1.54, 1.807) is 0 Å². The molecule has 0 saturated carbocycles. The Morgan fingerprint density at radius 1 is 1.31 bits per heavy atom. The van der Waals surface area contributed by atoms with Crippen LogP contribution < -0.4 is 5.73 Å². The van der Waals surface area contributed by atoms with Gasteiger partial charge >= 0.3 is 0 Å². The Labute approximate surface area is 99.2 Å². The van der Waals surface area contributed by atoms with Crippen molar-refractivity contribution < 1.29 is 0 Å². The number of likely N-dealkylation sites (N-methyl/N-ethyl adjacent to an activating group) is 1. The van der Waals surface area contributed by atoms with E-state index in [0.717, 1.165) is 31.5 Å². The molecule has 0 aromatic rings. The summed E-state index contributed by atoms with van der Waals surface area (Å²) in [5.41, 5.74) is 6.55. The van der Waals surface area contributed by atoms with E-state index < -0.39 is 0 Å². The lowest BCUT2D eigenvalue weighted by atomic mass is 10.1. The van der Waals surface area contributed by atoms with E-state index in [9.17, 15) is 0 Å². The highest BCUT2D eigenvalue weighted by Crippen LogP contribution is 2.05. The number of hydrogen-bond donors (Lipinski definition) is 1. The summed E-state index contributed by atoms with van der Waals surface area (Å²) in [5.74, 6) is 6.43. The summed E-state index contributed by atoms with van der Waals surface area (Å²) >= 11 is 0. The van der Waals surface area contributed by atoms with Gasteiger partial charge in [0.2, 0.25) is 0 Å². The first-order valence-corrected chi connectivity index (χ1v) is 6.10. The van der Waals surface area contributed by atoms with Crippen molar-refractivity contribution in [3.8, 4) is 11.8 Å². The van der Waals surface area contributed by atoms with Gasteiger partial charge in [-0.3, -0.25) is 0 Å². The molecular weight excluding hydrogens is 196 g/mol. The van der Waals surface area contributed by atoms with Crippen LogP contribution in [0.4, 0.5) is 0 Å². The Morgan fingerprint density at radius 2 is 2.12 bits per heavy atom. The summed E-state index contributed by atoms with van der Waals surface area (Å²) in [6.45, 7) is 1.81. The van der Waals surface area contributed by atoms with Crippen LogP contribution in [0.15, 0.2) is 23.9 Å². The molecule has 0 unspecified atom stereocenters. The summed E-state index contributed by atoms with van der Waals surface area (Å²) in [7, 11) is 2.07. The van der Waals surface area contributed by atoms with E-state index in [2.05, 4.69) is 42.1 Å². The number of nitrogens with two attached hydrogens (primary N) is 1. The monoisotopic (exact) mass is 218 g/mol. The van der Waals surface area contributed by atoms with Crippen LogP contribution in [0.1, 0.15) is 32.1 Å². The van der Waals surface area contributed by atoms with Crippen LogP contribution in [0, 0.1) is 11.8 Å². The molecule has 16 heavy (non-hydrogen) atoms. The molecule has 2 N–H and O–H groups in total. The third-order valence-corrected chi connectivity index (χ3v) is 2.54. The summed E-state index contributed by atoms with van der Waals surface area (Å²) in [5, 5.41) is 0. The van der Waals surface area contributed by atoms with Gasteiger partial charge in [0.15, 0.2) is 0 Å². The van der Waals surface area contributed by atoms with Gasteiger partial charge in [0, 0.05) is 31.8 Å². The molecule has 0 fully saturated rings. The Hall–Kier alpha value is -1.20. The highest BCUT2D eigenvalue weighted by atomic mass is 15.1. The fourth-order valence-electron chi connectivity index (χ4n) is 1.63. The van der Waals surface area contributed by atoms with Gasteiger partial charge in [-0.25, -0.2) is 0 Å². The van der Waals surface area contributed by atoms with E-state index in [0.29, 0.717) is 0 Å². The first-order chi connectivity index (χ1) is 7.83. The molecule has 1 rings (SSSR count). The number of hydrogen-bond acceptors (Lipinski definition) is 2. The zero-order chi connectivity index (χ0) is 11.6. The smallest absolute Gasteiger partial charge is 0.0401 e. The van der Waals surface area contributed by atoms with Crippen molar-refractivity contribution in [1.82, 2.24) is 4.90 Å². The Balaban J connectivity index is 2.15. The van der Waals surface area contributed by atoms with Gasteiger partial charge in [-0.15, -0.1) is 0 Å². The van der Waals surface area contributed by atoms with Crippen molar-refractivity contribution in [1.29, 1.82) is 0 Å². The predicted octanol–water partition coefficient (Wildman–Crippen LogP) is 2.28. The van der Waals surface area contributed by atoms with Crippen LogP contribution in [0.2, 0.25) is 0 Å². The zero-order valence-electron chi connectivity index (χ0n) is 10.2. The van der Waals surface area contributed by atoms with E-state index >= 15 is 0 Å². The van der Waals surface area contributed by atoms with Crippen LogP contribution >= 0.6 is 0 Å². The number of nitrogens with zero attached hydrogens (tertiary/aromatic N) is 1. The SMILES string of the molecule is CN1C=C(C#CCCCCCCN)C=CC1. The van der Waals surface area contributed by atoms with Crippen LogP contribution in [-0.2, 0) is 0 Å². The molecule has 0 aromatic carbocycles. The summed E-state index contributed by atoms with van der Waals surface area (Å²) < 4.78 is 0. The maximum Gasteiger partial charge on any atom is 0.0401 e.